The van der Waals surface area contributed by atoms with Gasteiger partial charge in [-0.2, -0.15) is 0 Å². The minimum Gasteiger partial charge on any atom is -0.326 e. The third kappa shape index (κ3) is 5.19. The fourth-order valence-corrected chi connectivity index (χ4v) is 5.47. The number of hydrogen-bond donors (Lipinski definition) is 2. The van der Waals surface area contributed by atoms with Gasteiger partial charge in [0.2, 0.25) is 11.8 Å². The SMILES string of the molecule is CC1CC(C)CC([C@@H]2CCC(F)(F)C[C@H]2C(=O)Nc2ccnc(SN)c2)C1. The van der Waals surface area contributed by atoms with Crippen LogP contribution >= 0.6 is 11.9 Å². The zero-order chi connectivity index (χ0) is 19.6. The van der Waals surface area contributed by atoms with E-state index in [1.807, 2.05) is 0 Å². The van der Waals surface area contributed by atoms with Gasteiger partial charge in [-0.3, -0.25) is 9.93 Å². The summed E-state index contributed by atoms with van der Waals surface area (Å²) in [6.45, 7) is 4.47. The molecule has 1 amide bonds. The van der Waals surface area contributed by atoms with Crippen LogP contribution in [0.2, 0.25) is 0 Å². The van der Waals surface area contributed by atoms with Crippen LogP contribution in [0.3, 0.4) is 0 Å². The molecule has 4 nitrogen and oxygen atoms in total. The normalized spacial score (nSPS) is 33.4. The largest absolute Gasteiger partial charge is 0.326 e. The van der Waals surface area contributed by atoms with Crippen LogP contribution < -0.4 is 10.5 Å². The third-order valence-corrected chi connectivity index (χ3v) is 6.62. The van der Waals surface area contributed by atoms with E-state index in [1.54, 1.807) is 18.3 Å². The van der Waals surface area contributed by atoms with Crippen LogP contribution in [0.5, 0.6) is 0 Å². The van der Waals surface area contributed by atoms with Gasteiger partial charge < -0.3 is 5.32 Å². The number of halogens is 2. The van der Waals surface area contributed by atoms with Crippen LogP contribution in [0.1, 0.15) is 52.4 Å². The highest BCUT2D eigenvalue weighted by Gasteiger charge is 2.47. The summed E-state index contributed by atoms with van der Waals surface area (Å²) in [7, 11) is 0. The number of amides is 1. The Labute approximate surface area is 164 Å². The maximum Gasteiger partial charge on any atom is 0.248 e. The number of hydrogen-bond acceptors (Lipinski definition) is 4. The first-order valence-electron chi connectivity index (χ1n) is 9.79. The molecule has 1 aromatic rings. The van der Waals surface area contributed by atoms with Crippen LogP contribution in [0.25, 0.3) is 0 Å². The Kier molecular flexibility index (Phi) is 6.41. The minimum atomic E-state index is -2.76. The lowest BCUT2D eigenvalue weighted by molar-refractivity contribution is -0.135. The quantitative estimate of drug-likeness (QED) is 0.693. The summed E-state index contributed by atoms with van der Waals surface area (Å²) < 4.78 is 28.3. The molecular formula is C20H29F2N3OS. The molecule has 7 heteroatoms. The smallest absolute Gasteiger partial charge is 0.248 e. The third-order valence-electron chi connectivity index (χ3n) is 6.16. The maximum absolute atomic E-state index is 14.2. The molecule has 3 N–H and O–H groups in total. The summed E-state index contributed by atoms with van der Waals surface area (Å²) in [5, 5.41) is 8.93. The van der Waals surface area contributed by atoms with E-state index in [0.717, 1.165) is 24.8 Å². The number of carbonyl (C=O) groups is 1. The van der Waals surface area contributed by atoms with Crippen molar-refractivity contribution in [3.63, 3.8) is 0 Å². The zero-order valence-corrected chi connectivity index (χ0v) is 16.8. The zero-order valence-electron chi connectivity index (χ0n) is 16.0. The summed E-state index contributed by atoms with van der Waals surface area (Å²) >= 11 is 0.987. The van der Waals surface area contributed by atoms with E-state index in [0.29, 0.717) is 34.9 Å². The molecular weight excluding hydrogens is 368 g/mol. The molecule has 0 saturated heterocycles. The Balaban J connectivity index is 1.77. The molecule has 0 aromatic carbocycles. The predicted octanol–water partition coefficient (Wildman–Crippen LogP) is 5.11. The van der Waals surface area contributed by atoms with Crippen LogP contribution in [-0.2, 0) is 4.79 Å². The number of carbonyl (C=O) groups excluding carboxylic acids is 1. The number of alkyl halides is 2. The summed E-state index contributed by atoms with van der Waals surface area (Å²) in [5.41, 5.74) is 0.556. The summed E-state index contributed by atoms with van der Waals surface area (Å²) in [6, 6.07) is 3.33. The molecule has 150 valence electrons. The molecule has 2 unspecified atom stereocenters. The van der Waals surface area contributed by atoms with Crippen molar-refractivity contribution in [2.24, 2.45) is 34.7 Å². The second kappa shape index (κ2) is 8.43. The predicted molar refractivity (Wildman–Crippen MR) is 104 cm³/mol. The molecule has 0 aliphatic heterocycles. The molecule has 27 heavy (non-hydrogen) atoms. The van der Waals surface area contributed by atoms with Crippen molar-refractivity contribution in [2.45, 2.75) is 63.3 Å². The van der Waals surface area contributed by atoms with Gasteiger partial charge in [0.1, 0.15) is 5.03 Å². The van der Waals surface area contributed by atoms with E-state index in [-0.39, 0.29) is 24.7 Å². The van der Waals surface area contributed by atoms with Crippen molar-refractivity contribution in [1.82, 2.24) is 4.98 Å². The number of rotatable bonds is 4. The highest BCUT2D eigenvalue weighted by Crippen LogP contribution is 2.48. The van der Waals surface area contributed by atoms with E-state index in [4.69, 9.17) is 5.14 Å². The van der Waals surface area contributed by atoms with Crippen molar-refractivity contribution < 1.29 is 13.6 Å². The van der Waals surface area contributed by atoms with Gasteiger partial charge in [-0.15, -0.1) is 0 Å². The molecule has 0 radical (unpaired) electrons. The Morgan fingerprint density at radius 3 is 2.67 bits per heavy atom. The average molecular weight is 398 g/mol. The monoisotopic (exact) mass is 397 g/mol. The Hall–Kier alpha value is -1.21. The summed E-state index contributed by atoms with van der Waals surface area (Å²) in [5.74, 6) is -2.16. The number of pyridine rings is 1. The van der Waals surface area contributed by atoms with Gasteiger partial charge in [-0.25, -0.2) is 13.8 Å². The van der Waals surface area contributed by atoms with Crippen molar-refractivity contribution in [1.29, 1.82) is 0 Å². The molecule has 2 aliphatic carbocycles. The molecule has 2 saturated carbocycles. The van der Waals surface area contributed by atoms with E-state index in [9.17, 15) is 13.6 Å². The fraction of sp³-hybridized carbons (Fsp3) is 0.700. The van der Waals surface area contributed by atoms with Gasteiger partial charge in [-0.05, 0) is 73.4 Å². The van der Waals surface area contributed by atoms with E-state index >= 15 is 0 Å². The standard InChI is InChI=1S/C20H29F2N3OS/c1-12-7-13(2)9-14(8-12)16-3-5-20(21,22)11-17(16)19(26)25-15-4-6-24-18(10-15)27-23/h4,6,10,12-14,16-17H,3,5,7-9,11,23H2,1-2H3,(H,24,25,26)/t12?,13?,14?,16-,17+/m0/s1. The van der Waals surface area contributed by atoms with Gasteiger partial charge in [0.05, 0.1) is 0 Å². The van der Waals surface area contributed by atoms with E-state index in [2.05, 4.69) is 24.1 Å². The molecule has 2 aliphatic rings. The Bertz CT molecular complexity index is 662. The van der Waals surface area contributed by atoms with Crippen LogP contribution in [-0.4, -0.2) is 16.8 Å². The second-order valence-electron chi connectivity index (χ2n) is 8.54. The van der Waals surface area contributed by atoms with Crippen LogP contribution in [0, 0.1) is 29.6 Å². The first-order valence-corrected chi connectivity index (χ1v) is 10.7. The minimum absolute atomic E-state index is 0.0278. The molecule has 2 fully saturated rings. The van der Waals surface area contributed by atoms with Crippen molar-refractivity contribution in [3.8, 4) is 0 Å². The van der Waals surface area contributed by atoms with Gasteiger partial charge in [0, 0.05) is 30.6 Å². The second-order valence-corrected chi connectivity index (χ2v) is 9.19. The molecule has 0 bridgehead atoms. The van der Waals surface area contributed by atoms with E-state index < -0.39 is 11.8 Å². The fourth-order valence-electron chi connectivity index (χ4n) is 5.15. The highest BCUT2D eigenvalue weighted by molar-refractivity contribution is 7.97. The van der Waals surface area contributed by atoms with Gasteiger partial charge in [0.25, 0.3) is 0 Å². The van der Waals surface area contributed by atoms with Crippen LogP contribution in [0.4, 0.5) is 14.5 Å². The van der Waals surface area contributed by atoms with E-state index in [1.165, 1.54) is 6.42 Å². The summed E-state index contributed by atoms with van der Waals surface area (Å²) in [6.07, 6.45) is 4.78. The molecule has 1 aromatic heterocycles. The van der Waals surface area contributed by atoms with Gasteiger partial charge in [0.15, 0.2) is 0 Å². The molecule has 1 heterocycles. The molecule has 3 rings (SSSR count). The van der Waals surface area contributed by atoms with Crippen molar-refractivity contribution in [3.05, 3.63) is 18.3 Å². The Morgan fingerprint density at radius 1 is 1.30 bits per heavy atom. The van der Waals surface area contributed by atoms with Crippen molar-refractivity contribution >= 4 is 23.5 Å². The number of nitrogens with zero attached hydrogens (tertiary/aromatic N) is 1. The van der Waals surface area contributed by atoms with Crippen molar-refractivity contribution in [2.75, 3.05) is 5.32 Å². The number of nitrogens with one attached hydrogen (secondary N) is 1. The topological polar surface area (TPSA) is 68.0 Å². The molecule has 0 spiro atoms. The number of aromatic nitrogens is 1. The first kappa shape index (κ1) is 20.5. The van der Waals surface area contributed by atoms with Crippen LogP contribution in [0.15, 0.2) is 23.4 Å². The lowest BCUT2D eigenvalue weighted by Gasteiger charge is -2.43. The maximum atomic E-state index is 14.2. The summed E-state index contributed by atoms with van der Waals surface area (Å²) in [4.78, 5) is 17.0. The highest BCUT2D eigenvalue weighted by atomic mass is 32.2. The Morgan fingerprint density at radius 2 is 2.00 bits per heavy atom. The molecule has 4 atom stereocenters. The van der Waals surface area contributed by atoms with Gasteiger partial charge in [-0.1, -0.05) is 13.8 Å². The lowest BCUT2D eigenvalue weighted by Crippen LogP contribution is -2.43. The van der Waals surface area contributed by atoms with Gasteiger partial charge >= 0.3 is 0 Å². The lowest BCUT2D eigenvalue weighted by atomic mass is 9.63. The number of anilines is 1. The number of nitrogens with two attached hydrogens (primary N) is 1. The average Bonchev–Trinajstić information content (AvgIpc) is 2.60. The first-order chi connectivity index (χ1) is 12.8.